The quantitative estimate of drug-likeness (QED) is 0.436. The van der Waals surface area contributed by atoms with E-state index in [0.29, 0.717) is 17.5 Å². The predicted octanol–water partition coefficient (Wildman–Crippen LogP) is 5.95. The minimum atomic E-state index is -0.602. The summed E-state index contributed by atoms with van der Waals surface area (Å²) >= 11 is 11.9. The zero-order valence-electron chi connectivity index (χ0n) is 17.4. The number of nitrogens with one attached hydrogen (secondary N) is 1. The first-order chi connectivity index (χ1) is 15.3. The lowest BCUT2D eigenvalue weighted by atomic mass is 9.78. The summed E-state index contributed by atoms with van der Waals surface area (Å²) in [6, 6.07) is 8.75. The van der Waals surface area contributed by atoms with E-state index in [1.54, 1.807) is 0 Å². The van der Waals surface area contributed by atoms with E-state index in [1.165, 1.54) is 42.8 Å². The van der Waals surface area contributed by atoms with Gasteiger partial charge in [0.05, 0.1) is 15.5 Å². The van der Waals surface area contributed by atoms with Gasteiger partial charge in [-0.1, -0.05) is 36.0 Å². The van der Waals surface area contributed by atoms with Crippen molar-refractivity contribution < 1.29 is 14.5 Å². The standard InChI is InChI=1S/C23H23Cl2N3O4/c24-16-8-9-17(18(25)13-16)22(29)26-19-10-7-15(12-21(19)28(31)32)23(30)27-11-3-5-14-4-1-2-6-20(14)27/h7-10,12-14,20H,1-6,11H2,(H,26,29)/t14-,20+/m0/s1. The Morgan fingerprint density at radius 2 is 1.78 bits per heavy atom. The first-order valence-corrected chi connectivity index (χ1v) is 11.5. The molecule has 2 aromatic carbocycles. The van der Waals surface area contributed by atoms with Gasteiger partial charge in [-0.3, -0.25) is 19.7 Å². The Labute approximate surface area is 195 Å². The third-order valence-electron chi connectivity index (χ3n) is 6.37. The maximum Gasteiger partial charge on any atom is 0.293 e. The summed E-state index contributed by atoms with van der Waals surface area (Å²) in [7, 11) is 0. The van der Waals surface area contributed by atoms with Gasteiger partial charge in [-0.25, -0.2) is 0 Å². The Morgan fingerprint density at radius 3 is 2.53 bits per heavy atom. The topological polar surface area (TPSA) is 92.6 Å². The average Bonchev–Trinajstić information content (AvgIpc) is 2.78. The largest absolute Gasteiger partial charge is 0.335 e. The fourth-order valence-electron chi connectivity index (χ4n) is 4.83. The van der Waals surface area contributed by atoms with Crippen LogP contribution in [-0.2, 0) is 0 Å². The molecule has 1 aliphatic heterocycles. The summed E-state index contributed by atoms with van der Waals surface area (Å²) in [4.78, 5) is 38.9. The molecular weight excluding hydrogens is 453 g/mol. The first-order valence-electron chi connectivity index (χ1n) is 10.7. The molecule has 2 aromatic rings. The van der Waals surface area contributed by atoms with Crippen LogP contribution >= 0.6 is 23.2 Å². The highest BCUT2D eigenvalue weighted by molar-refractivity contribution is 6.37. The number of hydrogen-bond acceptors (Lipinski definition) is 4. The van der Waals surface area contributed by atoms with Crippen molar-refractivity contribution in [3.63, 3.8) is 0 Å². The van der Waals surface area contributed by atoms with Gasteiger partial charge in [-0.05, 0) is 61.9 Å². The number of hydrogen-bond donors (Lipinski definition) is 1. The summed E-state index contributed by atoms with van der Waals surface area (Å²) in [5.41, 5.74) is 0.0517. The van der Waals surface area contributed by atoms with Gasteiger partial charge in [0.15, 0.2) is 0 Å². The molecule has 1 N–H and O–H groups in total. The number of anilines is 1. The van der Waals surface area contributed by atoms with Gasteiger partial charge in [-0.15, -0.1) is 0 Å². The van der Waals surface area contributed by atoms with E-state index in [2.05, 4.69) is 5.32 Å². The zero-order chi connectivity index (χ0) is 22.8. The summed E-state index contributed by atoms with van der Waals surface area (Å²) in [6.07, 6.45) is 6.49. The molecule has 2 aliphatic rings. The molecule has 1 saturated carbocycles. The second-order valence-electron chi connectivity index (χ2n) is 8.32. The predicted molar refractivity (Wildman–Crippen MR) is 124 cm³/mol. The third kappa shape index (κ3) is 4.59. The molecule has 168 valence electrons. The van der Waals surface area contributed by atoms with Crippen molar-refractivity contribution in [2.75, 3.05) is 11.9 Å². The first kappa shape index (κ1) is 22.6. The summed E-state index contributed by atoms with van der Waals surface area (Å²) in [5.74, 6) is -0.280. The van der Waals surface area contributed by atoms with E-state index in [4.69, 9.17) is 23.2 Å². The lowest BCUT2D eigenvalue weighted by Gasteiger charge is -2.44. The van der Waals surface area contributed by atoms with E-state index in [9.17, 15) is 19.7 Å². The van der Waals surface area contributed by atoms with Crippen molar-refractivity contribution in [1.82, 2.24) is 4.90 Å². The van der Waals surface area contributed by atoms with Crippen molar-refractivity contribution in [1.29, 1.82) is 0 Å². The van der Waals surface area contributed by atoms with Crippen LogP contribution in [0.3, 0.4) is 0 Å². The van der Waals surface area contributed by atoms with Crippen LogP contribution in [0.2, 0.25) is 10.0 Å². The van der Waals surface area contributed by atoms with Crippen LogP contribution in [0.25, 0.3) is 0 Å². The zero-order valence-corrected chi connectivity index (χ0v) is 18.9. The lowest BCUT2D eigenvalue weighted by Crippen LogP contribution is -2.49. The molecule has 32 heavy (non-hydrogen) atoms. The summed E-state index contributed by atoms with van der Waals surface area (Å²) in [5, 5.41) is 14.8. The number of amides is 2. The number of carbonyl (C=O) groups is 2. The Bertz CT molecular complexity index is 1070. The molecule has 2 fully saturated rings. The smallest absolute Gasteiger partial charge is 0.293 e. The number of nitro groups is 1. The minimum Gasteiger partial charge on any atom is -0.335 e. The lowest BCUT2D eigenvalue weighted by molar-refractivity contribution is -0.383. The Hall–Kier alpha value is -2.64. The molecule has 0 bridgehead atoms. The number of fused-ring (bicyclic) bond motifs is 1. The van der Waals surface area contributed by atoms with Gasteiger partial charge in [0.25, 0.3) is 17.5 Å². The van der Waals surface area contributed by atoms with Crippen LogP contribution < -0.4 is 5.32 Å². The summed E-state index contributed by atoms with van der Waals surface area (Å²) < 4.78 is 0. The summed E-state index contributed by atoms with van der Waals surface area (Å²) in [6.45, 7) is 0.668. The third-order valence-corrected chi connectivity index (χ3v) is 6.92. The van der Waals surface area contributed by atoms with Crippen LogP contribution in [0, 0.1) is 16.0 Å². The van der Waals surface area contributed by atoms with Gasteiger partial charge < -0.3 is 10.2 Å². The molecule has 9 heteroatoms. The van der Waals surface area contributed by atoms with Gasteiger partial charge in [0.1, 0.15) is 5.69 Å². The highest BCUT2D eigenvalue weighted by Gasteiger charge is 2.36. The molecule has 1 saturated heterocycles. The number of likely N-dealkylation sites (tertiary alicyclic amines) is 1. The molecule has 1 aliphatic carbocycles. The highest BCUT2D eigenvalue weighted by atomic mass is 35.5. The number of halogens is 2. The number of nitro benzene ring substituents is 1. The van der Waals surface area contributed by atoms with Gasteiger partial charge in [0.2, 0.25) is 0 Å². The van der Waals surface area contributed by atoms with Crippen molar-refractivity contribution in [2.45, 2.75) is 44.6 Å². The maximum absolute atomic E-state index is 13.2. The van der Waals surface area contributed by atoms with Crippen LogP contribution in [0.5, 0.6) is 0 Å². The number of carbonyl (C=O) groups excluding carboxylic acids is 2. The molecule has 2 atom stereocenters. The van der Waals surface area contributed by atoms with E-state index in [-0.39, 0.29) is 39.5 Å². The number of benzene rings is 2. The van der Waals surface area contributed by atoms with E-state index in [0.717, 1.165) is 32.1 Å². The van der Waals surface area contributed by atoms with Crippen LogP contribution in [0.15, 0.2) is 36.4 Å². The molecule has 1 heterocycles. The van der Waals surface area contributed by atoms with Crippen molar-refractivity contribution in [2.24, 2.45) is 5.92 Å². The Kier molecular flexibility index (Phi) is 6.67. The van der Waals surface area contributed by atoms with Crippen molar-refractivity contribution >= 4 is 46.4 Å². The minimum absolute atomic E-state index is 0.00301. The number of rotatable bonds is 4. The molecule has 4 rings (SSSR count). The van der Waals surface area contributed by atoms with Crippen LogP contribution in [0.4, 0.5) is 11.4 Å². The average molecular weight is 476 g/mol. The molecule has 0 unspecified atom stereocenters. The van der Waals surface area contributed by atoms with E-state index >= 15 is 0 Å². The second kappa shape index (κ2) is 9.46. The van der Waals surface area contributed by atoms with Crippen molar-refractivity contribution in [3.05, 3.63) is 67.7 Å². The van der Waals surface area contributed by atoms with Crippen molar-refractivity contribution in [3.8, 4) is 0 Å². The molecule has 0 aromatic heterocycles. The normalized spacial score (nSPS) is 20.4. The van der Waals surface area contributed by atoms with Crippen LogP contribution in [-0.4, -0.2) is 34.2 Å². The SMILES string of the molecule is O=C(Nc1ccc(C(=O)N2CCC[C@@H]3CCCC[C@H]32)cc1[N+](=O)[O-])c1ccc(Cl)cc1Cl. The molecular formula is C23H23Cl2N3O4. The fraction of sp³-hybridized carbons (Fsp3) is 0.391. The Balaban J connectivity index is 1.58. The molecule has 7 nitrogen and oxygen atoms in total. The van der Waals surface area contributed by atoms with Gasteiger partial charge in [-0.2, -0.15) is 0 Å². The molecule has 0 radical (unpaired) electrons. The number of nitrogens with zero attached hydrogens (tertiary/aromatic N) is 2. The molecule has 2 amide bonds. The Morgan fingerprint density at radius 1 is 1.03 bits per heavy atom. The fourth-order valence-corrected chi connectivity index (χ4v) is 5.32. The van der Waals surface area contributed by atoms with E-state index in [1.807, 2.05) is 4.90 Å². The number of piperidine rings is 1. The molecule has 0 spiro atoms. The van der Waals surface area contributed by atoms with Gasteiger partial charge >= 0.3 is 0 Å². The van der Waals surface area contributed by atoms with Gasteiger partial charge in [0, 0.05) is 29.2 Å². The maximum atomic E-state index is 13.2. The van der Waals surface area contributed by atoms with E-state index < -0.39 is 10.8 Å². The second-order valence-corrected chi connectivity index (χ2v) is 9.16. The highest BCUT2D eigenvalue weighted by Crippen LogP contribution is 2.36. The van der Waals surface area contributed by atoms with Crippen LogP contribution in [0.1, 0.15) is 59.2 Å². The monoisotopic (exact) mass is 475 g/mol.